The van der Waals surface area contributed by atoms with Crippen molar-refractivity contribution >= 4 is 61.0 Å². The number of carbonyl (C=O) groups excluding carboxylic acids is 3. The number of aliphatic hydroxyl groups is 5. The molecule has 0 amide bonds. The lowest BCUT2D eigenvalue weighted by Crippen LogP contribution is -2.45. The number of hydrogen-bond donors (Lipinski definition) is 8. The van der Waals surface area contributed by atoms with E-state index in [0.717, 1.165) is 96.2 Å². The van der Waals surface area contributed by atoms with Gasteiger partial charge in [-0.15, -0.1) is 0 Å². The topological polar surface area (TPSA) is 352 Å². The maximum absolute atomic E-state index is 13.3. The van der Waals surface area contributed by atoms with Crippen molar-refractivity contribution in [3.05, 3.63) is 154 Å². The van der Waals surface area contributed by atoms with E-state index in [1.807, 2.05) is 67.0 Å². The zero-order valence-corrected chi connectivity index (χ0v) is 58.0. The minimum atomic E-state index is -3.94. The van der Waals surface area contributed by atoms with Gasteiger partial charge in [-0.25, -0.2) is 26.3 Å². The number of aromatic nitrogens is 2. The first-order chi connectivity index (χ1) is 47.0. The molecular formula is C71H87Cl2N5O18S2. The smallest absolute Gasteiger partial charge is 0.322 e. The lowest BCUT2D eigenvalue weighted by atomic mass is 9.93. The number of ketones is 1. The molecular weight excluding hydrogens is 1350 g/mol. The van der Waals surface area contributed by atoms with Gasteiger partial charge in [0.2, 0.25) is 20.0 Å². The molecule has 27 heteroatoms. The van der Waals surface area contributed by atoms with Gasteiger partial charge in [0, 0.05) is 83.0 Å². The minimum absolute atomic E-state index is 0.0160. The molecule has 10 rings (SSSR count). The number of sulfonamides is 2. The second kappa shape index (κ2) is 34.7. The molecule has 0 spiro atoms. The molecule has 0 bridgehead atoms. The Morgan fingerprint density at radius 3 is 1.48 bits per heavy atom. The summed E-state index contributed by atoms with van der Waals surface area (Å²) < 4.78 is 92.6. The number of rotatable bonds is 39. The second-order valence-corrected chi connectivity index (χ2v) is 29.6. The standard InChI is InChI=1S/C40H51ClN2O12S.C31H36ClN3O6S/c1-53-39(50)25(20-27(45)9-14-34(46)37(48)38(49)35(47)23-44)6-4-5-18-43-56(51,52)29-12-13-33(41)26(21-29)24-54-40(16-17-40)32-22-42-19-15-30(32)31-7-2-3-8-36(31)55-28-10-11-28;1-39-30(36)28(33)7-4-5-16-35-42(37,38)23-11-12-27(32)21(18-23)20-40-31(14-15-31)26-19-34-17-13-24(26)25-6-2-3-8-29(25)41-22-9-10-22/h2-3,7-8,12-13,15,19,21-22,25,28,34-35,37-38,43-44,46-49H,4-6,9-11,14,16-18,20,23-24H2,1H3;2-3,6,8,11-13,17-19,22,28,35H,4-5,7,9-10,14-16,20,33H2,1H3/t25-,34+,35-,37+,38-;28-/m10/s1. The summed E-state index contributed by atoms with van der Waals surface area (Å²) in [6.45, 7) is -0.346. The van der Waals surface area contributed by atoms with E-state index in [9.17, 15) is 51.6 Å². The van der Waals surface area contributed by atoms with Crippen LogP contribution in [-0.2, 0) is 77.8 Å². The predicted octanol–water partition coefficient (Wildman–Crippen LogP) is 8.66. The maximum atomic E-state index is 13.3. The molecule has 4 aliphatic carbocycles. The van der Waals surface area contributed by atoms with Crippen LogP contribution in [0.2, 0.25) is 10.0 Å². The van der Waals surface area contributed by atoms with Gasteiger partial charge in [-0.1, -0.05) is 72.4 Å². The highest BCUT2D eigenvalue weighted by Crippen LogP contribution is 2.55. The molecule has 4 aromatic carbocycles. The fourth-order valence-electron chi connectivity index (χ4n) is 11.3. The molecule has 4 fully saturated rings. The van der Waals surface area contributed by atoms with Crippen molar-refractivity contribution in [2.24, 2.45) is 11.7 Å². The van der Waals surface area contributed by atoms with E-state index in [1.165, 1.54) is 38.5 Å². The molecule has 2 aromatic heterocycles. The number of esters is 2. The van der Waals surface area contributed by atoms with Gasteiger partial charge in [0.1, 0.15) is 41.6 Å². The van der Waals surface area contributed by atoms with E-state index >= 15 is 0 Å². The third kappa shape index (κ3) is 20.6. The quantitative estimate of drug-likeness (QED) is 0.0132. The molecule has 23 nitrogen and oxygen atoms in total. The number of pyridine rings is 2. The van der Waals surface area contributed by atoms with Crippen molar-refractivity contribution in [1.29, 1.82) is 0 Å². The molecule has 6 atom stereocenters. The lowest BCUT2D eigenvalue weighted by Gasteiger charge is -2.25. The number of hydrogen-bond acceptors (Lipinski definition) is 21. The highest BCUT2D eigenvalue weighted by molar-refractivity contribution is 7.89. The van der Waals surface area contributed by atoms with E-state index in [4.69, 9.17) is 57.7 Å². The van der Waals surface area contributed by atoms with Crippen LogP contribution in [0.1, 0.15) is 131 Å². The monoisotopic (exact) mass is 1430 g/mol. The van der Waals surface area contributed by atoms with Crippen molar-refractivity contribution in [2.75, 3.05) is 33.9 Å². The molecule has 9 N–H and O–H groups in total. The summed E-state index contributed by atoms with van der Waals surface area (Å²) in [6.07, 6.45) is 10.0. The summed E-state index contributed by atoms with van der Waals surface area (Å²) in [5.74, 6) is -0.640. The SMILES string of the molecule is COC(=O)[C@@H](N)CCCCNS(=O)(=O)c1ccc(Cl)c(COC2(c3cnccc3-c3ccccc3OC3CC3)CC2)c1.COC(=O)[C@H](CCCCNS(=O)(=O)c1ccc(Cl)c(COC2(c3cnccc3-c3ccccc3OC3CC3)CC2)c1)CC(=O)CC[C@H](O)[C@H](O)[C@H](O)[C@H](O)CO. The van der Waals surface area contributed by atoms with Gasteiger partial charge < -0.3 is 59.7 Å². The van der Waals surface area contributed by atoms with E-state index in [-0.39, 0.29) is 74.0 Å². The van der Waals surface area contributed by atoms with Crippen LogP contribution in [0, 0.1) is 5.92 Å². The molecule has 98 heavy (non-hydrogen) atoms. The van der Waals surface area contributed by atoms with Crippen LogP contribution >= 0.6 is 23.2 Å². The van der Waals surface area contributed by atoms with Gasteiger partial charge in [-0.3, -0.25) is 24.4 Å². The maximum Gasteiger partial charge on any atom is 0.322 e. The summed E-state index contributed by atoms with van der Waals surface area (Å²) in [5.41, 5.74) is 11.5. The Balaban J connectivity index is 0.000000238. The van der Waals surface area contributed by atoms with Gasteiger partial charge in [0.05, 0.1) is 79.3 Å². The van der Waals surface area contributed by atoms with E-state index < -0.39 is 92.0 Å². The Bertz CT molecular complexity index is 3930. The van der Waals surface area contributed by atoms with Crippen molar-refractivity contribution in [3.8, 4) is 33.8 Å². The molecule has 6 aromatic rings. The van der Waals surface area contributed by atoms with Gasteiger partial charge in [0.25, 0.3) is 0 Å². The molecule has 0 saturated heterocycles. The number of halogens is 2. The number of nitrogens with zero attached hydrogens (tertiary/aromatic N) is 2. The average Bonchev–Trinajstić information content (AvgIpc) is 1.59. The summed E-state index contributed by atoms with van der Waals surface area (Å²) >= 11 is 13.0. The van der Waals surface area contributed by atoms with Crippen LogP contribution in [0.3, 0.4) is 0 Å². The van der Waals surface area contributed by atoms with Crippen LogP contribution in [-0.4, -0.2) is 147 Å². The zero-order valence-electron chi connectivity index (χ0n) is 54.8. The van der Waals surface area contributed by atoms with Crippen LogP contribution in [0.25, 0.3) is 22.3 Å². The number of para-hydroxylation sites is 2. The fraction of sp³-hybridized carbons (Fsp3) is 0.479. The Kier molecular flexibility index (Phi) is 26.8. The van der Waals surface area contributed by atoms with Crippen molar-refractivity contribution in [1.82, 2.24) is 19.4 Å². The number of methoxy groups -OCH3 is 2. The minimum Gasteiger partial charge on any atom is -0.490 e. The predicted molar refractivity (Wildman–Crippen MR) is 364 cm³/mol. The first kappa shape index (κ1) is 75.7. The van der Waals surface area contributed by atoms with E-state index in [1.54, 1.807) is 24.5 Å². The largest absolute Gasteiger partial charge is 0.490 e. The van der Waals surface area contributed by atoms with Gasteiger partial charge in [0.15, 0.2) is 0 Å². The summed E-state index contributed by atoms with van der Waals surface area (Å²) in [4.78, 5) is 45.4. The van der Waals surface area contributed by atoms with Crippen molar-refractivity contribution < 1.29 is 85.2 Å². The summed E-state index contributed by atoms with van der Waals surface area (Å²) in [7, 11) is -5.24. The van der Waals surface area contributed by atoms with Gasteiger partial charge in [-0.2, -0.15) is 0 Å². The number of unbranched alkanes of at least 4 members (excludes halogenated alkanes) is 2. The van der Waals surface area contributed by atoms with Gasteiger partial charge in [-0.05, 0) is 166 Å². The number of carbonyl (C=O) groups is 3. The van der Waals surface area contributed by atoms with Crippen LogP contribution in [0.5, 0.6) is 11.5 Å². The molecule has 4 aliphatic rings. The summed E-state index contributed by atoms with van der Waals surface area (Å²) in [5, 5.41) is 49.0. The number of Topliss-reactive ketones (excluding diaryl/α,β-unsaturated/α-hetero) is 1. The molecule has 0 unspecified atom stereocenters. The first-order valence-corrected chi connectivity index (χ1v) is 36.7. The highest BCUT2D eigenvalue weighted by Gasteiger charge is 2.49. The van der Waals surface area contributed by atoms with Gasteiger partial charge >= 0.3 is 11.9 Å². The number of aliphatic hydroxyl groups excluding tert-OH is 5. The normalized spacial score (nSPS) is 17.2. The third-order valence-electron chi connectivity index (χ3n) is 17.7. The Hall–Kier alpha value is -6.53. The zero-order chi connectivity index (χ0) is 70.2. The molecule has 530 valence electrons. The Morgan fingerprint density at radius 1 is 0.592 bits per heavy atom. The Labute approximate surface area is 581 Å². The molecule has 0 radical (unpaired) electrons. The second-order valence-electron chi connectivity index (χ2n) is 25.3. The third-order valence-corrected chi connectivity index (χ3v) is 21.4. The number of nitrogens with one attached hydrogen (secondary N) is 2. The molecule has 2 heterocycles. The lowest BCUT2D eigenvalue weighted by molar-refractivity contribution is -0.147. The fourth-order valence-corrected chi connectivity index (χ4v) is 13.9. The van der Waals surface area contributed by atoms with Crippen LogP contribution < -0.4 is 24.7 Å². The number of nitrogens with two attached hydrogens (primary N) is 1. The summed E-state index contributed by atoms with van der Waals surface area (Å²) in [6, 6.07) is 28.2. The highest BCUT2D eigenvalue weighted by atomic mass is 35.5. The van der Waals surface area contributed by atoms with Crippen LogP contribution in [0.4, 0.5) is 0 Å². The first-order valence-electron chi connectivity index (χ1n) is 33.0. The Morgan fingerprint density at radius 2 is 1.04 bits per heavy atom. The van der Waals surface area contributed by atoms with Crippen LogP contribution in [0.15, 0.2) is 132 Å². The van der Waals surface area contributed by atoms with E-state index in [2.05, 4.69) is 30.2 Å². The van der Waals surface area contributed by atoms with E-state index in [0.29, 0.717) is 53.3 Å². The molecule has 4 saturated carbocycles. The number of ether oxygens (including phenoxy) is 6. The number of benzene rings is 4. The average molecular weight is 1430 g/mol. The molecule has 0 aliphatic heterocycles. The van der Waals surface area contributed by atoms with Crippen molar-refractivity contribution in [3.63, 3.8) is 0 Å². The van der Waals surface area contributed by atoms with Crippen molar-refractivity contribution in [2.45, 2.75) is 186 Å².